The normalized spacial score (nSPS) is 10.3. The maximum Gasteiger partial charge on any atom is 0.108 e. The number of aliphatic hydroxyl groups excluding tert-OH is 1. The Labute approximate surface area is 36.1 Å². The van der Waals surface area contributed by atoms with E-state index >= 15 is 0 Å². The molecule has 0 aliphatic carbocycles. The van der Waals surface area contributed by atoms with Gasteiger partial charge in [0.15, 0.2) is 0 Å². The minimum Gasteiger partial charge on any atom is -0.392 e. The molecule has 0 bridgehead atoms. The number of rotatable bonds is 2. The Morgan fingerprint density at radius 2 is 2.17 bits per heavy atom. The van der Waals surface area contributed by atoms with Crippen molar-refractivity contribution in [3.63, 3.8) is 0 Å². The molecule has 0 spiro atoms. The summed E-state index contributed by atoms with van der Waals surface area (Å²) in [4.78, 5) is 0. The molecule has 0 aromatic carbocycles. The van der Waals surface area contributed by atoms with Crippen LogP contribution in [0.3, 0.4) is 0 Å². The van der Waals surface area contributed by atoms with Crippen molar-refractivity contribution < 1.29 is 9.50 Å². The second-order valence-corrected chi connectivity index (χ2v) is 0.808. The number of hydrogen-bond acceptors (Lipinski definition) is 1. The third-order valence-electron chi connectivity index (χ3n) is 0.361. The summed E-state index contributed by atoms with van der Waals surface area (Å²) < 4.78 is 11.0. The predicted octanol–water partition coefficient (Wildman–Crippen LogP) is 0.504. The second-order valence-electron chi connectivity index (χ2n) is 0.808. The van der Waals surface area contributed by atoms with E-state index in [4.69, 9.17) is 5.11 Å². The summed E-state index contributed by atoms with van der Waals surface area (Å²) in [6.07, 6.45) is 2.62. The molecule has 0 heterocycles. The summed E-state index contributed by atoms with van der Waals surface area (Å²) in [6, 6.07) is 0. The molecular formula is C4H7FO. The van der Waals surface area contributed by atoms with E-state index < -0.39 is 6.67 Å². The quantitative estimate of drug-likeness (QED) is 0.489. The van der Waals surface area contributed by atoms with Gasteiger partial charge in [-0.1, -0.05) is 12.2 Å². The summed E-state index contributed by atoms with van der Waals surface area (Å²) in [5.74, 6) is 0. The van der Waals surface area contributed by atoms with Crippen LogP contribution in [-0.4, -0.2) is 18.4 Å². The van der Waals surface area contributed by atoms with E-state index in [1.54, 1.807) is 0 Å². The maximum atomic E-state index is 11.0. The van der Waals surface area contributed by atoms with Gasteiger partial charge in [0.1, 0.15) is 6.67 Å². The van der Waals surface area contributed by atoms with Gasteiger partial charge in [0, 0.05) is 0 Å². The van der Waals surface area contributed by atoms with E-state index in [2.05, 4.69) is 0 Å². The molecule has 0 aliphatic rings. The Morgan fingerprint density at radius 3 is 2.33 bits per heavy atom. The van der Waals surface area contributed by atoms with Gasteiger partial charge >= 0.3 is 0 Å². The minimum atomic E-state index is -0.486. The minimum absolute atomic E-state index is 0.0656. The Bertz CT molecular complexity index is 36.8. The number of alkyl halides is 1. The standard InChI is InChI=1S/C4H7FO/c5-3-1-2-4-6/h1-2,6H,3-4H2. The van der Waals surface area contributed by atoms with Crippen LogP contribution in [0.1, 0.15) is 0 Å². The SMILES string of the molecule is OCC=CCF. The zero-order valence-electron chi connectivity index (χ0n) is 3.39. The zero-order valence-corrected chi connectivity index (χ0v) is 3.39. The lowest BCUT2D eigenvalue weighted by Gasteiger charge is -1.71. The fraction of sp³-hybridized carbons (Fsp3) is 0.500. The van der Waals surface area contributed by atoms with E-state index in [-0.39, 0.29) is 6.61 Å². The summed E-state index contributed by atoms with van der Waals surface area (Å²) in [5, 5.41) is 7.94. The molecule has 0 aromatic heterocycles. The van der Waals surface area contributed by atoms with Crippen molar-refractivity contribution in [2.45, 2.75) is 0 Å². The van der Waals surface area contributed by atoms with E-state index in [0.29, 0.717) is 0 Å². The van der Waals surface area contributed by atoms with Gasteiger partial charge in [-0.05, 0) is 0 Å². The van der Waals surface area contributed by atoms with Crippen LogP contribution in [0.25, 0.3) is 0 Å². The maximum absolute atomic E-state index is 11.0. The first-order chi connectivity index (χ1) is 2.91. The molecule has 0 amide bonds. The van der Waals surface area contributed by atoms with Crippen molar-refractivity contribution in [1.29, 1.82) is 0 Å². The van der Waals surface area contributed by atoms with E-state index in [9.17, 15) is 4.39 Å². The second kappa shape index (κ2) is 4.63. The van der Waals surface area contributed by atoms with Crippen molar-refractivity contribution >= 4 is 0 Å². The van der Waals surface area contributed by atoms with Crippen molar-refractivity contribution in [3.05, 3.63) is 12.2 Å². The molecule has 0 saturated carbocycles. The summed E-state index contributed by atoms with van der Waals surface area (Å²) >= 11 is 0. The highest BCUT2D eigenvalue weighted by Crippen LogP contribution is 1.69. The fourth-order valence-electron chi connectivity index (χ4n) is 0.138. The van der Waals surface area contributed by atoms with Crippen LogP contribution in [-0.2, 0) is 0 Å². The highest BCUT2D eigenvalue weighted by molar-refractivity contribution is 4.79. The lowest BCUT2D eigenvalue weighted by molar-refractivity contribution is 0.342. The fourth-order valence-corrected chi connectivity index (χ4v) is 0.138. The van der Waals surface area contributed by atoms with E-state index in [1.807, 2.05) is 0 Å². The van der Waals surface area contributed by atoms with Gasteiger partial charge in [-0.2, -0.15) is 0 Å². The zero-order chi connectivity index (χ0) is 4.83. The molecule has 0 fully saturated rings. The first kappa shape index (κ1) is 5.63. The van der Waals surface area contributed by atoms with Crippen LogP contribution in [0.5, 0.6) is 0 Å². The van der Waals surface area contributed by atoms with Crippen LogP contribution in [0.4, 0.5) is 4.39 Å². The molecule has 1 N–H and O–H groups in total. The Morgan fingerprint density at radius 1 is 1.50 bits per heavy atom. The third-order valence-corrected chi connectivity index (χ3v) is 0.361. The molecule has 6 heavy (non-hydrogen) atoms. The average molecular weight is 90.1 g/mol. The lowest BCUT2D eigenvalue weighted by Crippen LogP contribution is -1.70. The molecule has 0 atom stereocenters. The highest BCUT2D eigenvalue weighted by atomic mass is 19.1. The van der Waals surface area contributed by atoms with Gasteiger partial charge in [-0.3, -0.25) is 0 Å². The molecule has 0 saturated heterocycles. The van der Waals surface area contributed by atoms with Gasteiger partial charge in [-0.15, -0.1) is 0 Å². The first-order valence-electron chi connectivity index (χ1n) is 1.73. The van der Waals surface area contributed by atoms with Crippen molar-refractivity contribution in [1.82, 2.24) is 0 Å². The van der Waals surface area contributed by atoms with Crippen molar-refractivity contribution in [2.24, 2.45) is 0 Å². The molecule has 0 radical (unpaired) electrons. The molecule has 0 rings (SSSR count). The van der Waals surface area contributed by atoms with Gasteiger partial charge in [0.05, 0.1) is 6.61 Å². The van der Waals surface area contributed by atoms with Gasteiger partial charge in [-0.25, -0.2) is 4.39 Å². The molecule has 0 aromatic rings. The van der Waals surface area contributed by atoms with Crippen molar-refractivity contribution in [3.8, 4) is 0 Å². The predicted molar refractivity (Wildman–Crippen MR) is 22.2 cm³/mol. The first-order valence-corrected chi connectivity index (χ1v) is 1.73. The van der Waals surface area contributed by atoms with Gasteiger partial charge in [0.25, 0.3) is 0 Å². The lowest BCUT2D eigenvalue weighted by atomic mass is 10.5. The smallest absolute Gasteiger partial charge is 0.108 e. The van der Waals surface area contributed by atoms with Crippen LogP contribution >= 0.6 is 0 Å². The number of allylic oxidation sites excluding steroid dienone is 1. The summed E-state index contributed by atoms with van der Waals surface area (Å²) in [7, 11) is 0. The van der Waals surface area contributed by atoms with Crippen molar-refractivity contribution in [2.75, 3.05) is 13.3 Å². The number of aliphatic hydroxyl groups is 1. The van der Waals surface area contributed by atoms with Crippen LogP contribution in [0.2, 0.25) is 0 Å². The van der Waals surface area contributed by atoms with Crippen LogP contribution in [0, 0.1) is 0 Å². The van der Waals surface area contributed by atoms with Gasteiger partial charge < -0.3 is 5.11 Å². The molecule has 1 nitrogen and oxygen atoms in total. The topological polar surface area (TPSA) is 20.2 Å². The number of halogens is 1. The van der Waals surface area contributed by atoms with Gasteiger partial charge in [0.2, 0.25) is 0 Å². The number of hydrogen-bond donors (Lipinski definition) is 1. The summed E-state index contributed by atoms with van der Waals surface area (Å²) in [6.45, 7) is -0.551. The molecule has 0 unspecified atom stereocenters. The highest BCUT2D eigenvalue weighted by Gasteiger charge is 1.63. The molecular weight excluding hydrogens is 83.0 g/mol. The molecule has 2 heteroatoms. The Hall–Kier alpha value is -0.370. The van der Waals surface area contributed by atoms with Crippen LogP contribution in [0.15, 0.2) is 12.2 Å². The van der Waals surface area contributed by atoms with Crippen LogP contribution < -0.4 is 0 Å². The Kier molecular flexibility index (Phi) is 4.34. The Balaban J connectivity index is 2.73. The third kappa shape index (κ3) is 3.63. The van der Waals surface area contributed by atoms with E-state index in [1.165, 1.54) is 12.2 Å². The van der Waals surface area contributed by atoms with E-state index in [0.717, 1.165) is 0 Å². The summed E-state index contributed by atoms with van der Waals surface area (Å²) in [5.41, 5.74) is 0. The largest absolute Gasteiger partial charge is 0.392 e. The monoisotopic (exact) mass is 90.0 g/mol. The molecule has 0 aliphatic heterocycles. The average Bonchev–Trinajstić information content (AvgIpc) is 1.61. The molecule has 36 valence electrons.